The summed E-state index contributed by atoms with van der Waals surface area (Å²) in [6.45, 7) is 5.02. The van der Waals surface area contributed by atoms with Gasteiger partial charge in [0.15, 0.2) is 5.82 Å². The monoisotopic (exact) mass is 269 g/mol. The van der Waals surface area contributed by atoms with E-state index < -0.39 is 0 Å². The van der Waals surface area contributed by atoms with E-state index in [0.717, 1.165) is 34.0 Å². The zero-order chi connectivity index (χ0) is 13.2. The van der Waals surface area contributed by atoms with Crippen LogP contribution in [0.15, 0.2) is 35.7 Å². The quantitative estimate of drug-likeness (QED) is 0.778. The number of hydrogen-bond acceptors (Lipinski definition) is 4. The lowest BCUT2D eigenvalue weighted by Crippen LogP contribution is -2.03. The predicted molar refractivity (Wildman–Crippen MR) is 81.8 cm³/mol. The van der Waals surface area contributed by atoms with Crippen LogP contribution < -0.4 is 5.32 Å². The fourth-order valence-electron chi connectivity index (χ4n) is 2.11. The number of fused-ring (bicyclic) bond motifs is 1. The van der Waals surface area contributed by atoms with Gasteiger partial charge in [0.1, 0.15) is 5.82 Å². The third-order valence-electron chi connectivity index (χ3n) is 3.01. The van der Waals surface area contributed by atoms with Crippen LogP contribution in [0, 0.1) is 6.92 Å². The maximum Gasteiger partial charge on any atom is 0.172 e. The van der Waals surface area contributed by atoms with Crippen LogP contribution in [0.1, 0.15) is 12.5 Å². The average Bonchev–Trinajstić information content (AvgIpc) is 2.94. The van der Waals surface area contributed by atoms with Gasteiger partial charge in [0.25, 0.3) is 0 Å². The summed E-state index contributed by atoms with van der Waals surface area (Å²) >= 11 is 1.66. The molecule has 0 aliphatic carbocycles. The highest BCUT2D eigenvalue weighted by Crippen LogP contribution is 2.28. The number of aryl methyl sites for hydroxylation is 1. The molecule has 0 bridgehead atoms. The molecule has 3 rings (SSSR count). The van der Waals surface area contributed by atoms with Gasteiger partial charge >= 0.3 is 0 Å². The molecule has 3 aromatic rings. The summed E-state index contributed by atoms with van der Waals surface area (Å²) in [5.74, 6) is 1.72. The van der Waals surface area contributed by atoms with Gasteiger partial charge in [-0.05, 0) is 36.9 Å². The largest absolute Gasteiger partial charge is 0.370 e. The van der Waals surface area contributed by atoms with Crippen LogP contribution in [0.25, 0.3) is 21.6 Å². The Morgan fingerprint density at radius 2 is 2.05 bits per heavy atom. The maximum absolute atomic E-state index is 4.72. The highest BCUT2D eigenvalue weighted by molar-refractivity contribution is 7.13. The van der Waals surface area contributed by atoms with Gasteiger partial charge in [0.05, 0.1) is 10.4 Å². The smallest absolute Gasteiger partial charge is 0.172 e. The number of anilines is 1. The van der Waals surface area contributed by atoms with Crippen LogP contribution in [-0.2, 0) is 0 Å². The van der Waals surface area contributed by atoms with Crippen LogP contribution in [0.2, 0.25) is 0 Å². The Morgan fingerprint density at radius 3 is 2.79 bits per heavy atom. The van der Waals surface area contributed by atoms with E-state index in [1.54, 1.807) is 11.3 Å². The fraction of sp³-hybridized carbons (Fsp3) is 0.200. The van der Waals surface area contributed by atoms with Crippen molar-refractivity contribution in [2.24, 2.45) is 0 Å². The van der Waals surface area contributed by atoms with Gasteiger partial charge in [0, 0.05) is 11.9 Å². The third kappa shape index (κ3) is 2.19. The highest BCUT2D eigenvalue weighted by atomic mass is 32.1. The van der Waals surface area contributed by atoms with Gasteiger partial charge in [-0.25, -0.2) is 9.97 Å². The van der Waals surface area contributed by atoms with E-state index >= 15 is 0 Å². The lowest BCUT2D eigenvalue weighted by molar-refractivity contribution is 1.15. The SMILES string of the molecule is CCNc1nc(-c2cccs2)nc2c(C)cccc12. The summed E-state index contributed by atoms with van der Waals surface area (Å²) in [4.78, 5) is 10.5. The highest BCUT2D eigenvalue weighted by Gasteiger charge is 2.10. The van der Waals surface area contributed by atoms with Crippen molar-refractivity contribution in [3.63, 3.8) is 0 Å². The number of nitrogens with zero attached hydrogens (tertiary/aromatic N) is 2. The molecule has 0 aliphatic heterocycles. The Balaban J connectivity index is 2.28. The minimum Gasteiger partial charge on any atom is -0.370 e. The molecular formula is C15H15N3S. The van der Waals surface area contributed by atoms with Gasteiger partial charge in [-0.15, -0.1) is 11.3 Å². The van der Waals surface area contributed by atoms with Gasteiger partial charge < -0.3 is 5.32 Å². The molecule has 2 heterocycles. The van der Waals surface area contributed by atoms with E-state index in [0.29, 0.717) is 0 Å². The number of thiophene rings is 1. The van der Waals surface area contributed by atoms with Gasteiger partial charge in [-0.1, -0.05) is 18.2 Å². The summed E-state index contributed by atoms with van der Waals surface area (Å²) in [6.07, 6.45) is 0. The summed E-state index contributed by atoms with van der Waals surface area (Å²) in [6, 6.07) is 10.3. The molecule has 0 saturated carbocycles. The molecule has 0 atom stereocenters. The Kier molecular flexibility index (Phi) is 3.17. The Morgan fingerprint density at radius 1 is 1.16 bits per heavy atom. The predicted octanol–water partition coefficient (Wildman–Crippen LogP) is 4.10. The molecule has 1 aromatic carbocycles. The van der Waals surface area contributed by atoms with E-state index in [2.05, 4.69) is 42.3 Å². The second-order valence-corrected chi connectivity index (χ2v) is 5.32. The van der Waals surface area contributed by atoms with Gasteiger partial charge in [-0.2, -0.15) is 0 Å². The van der Waals surface area contributed by atoms with Gasteiger partial charge in [0.2, 0.25) is 0 Å². The maximum atomic E-state index is 4.72. The van der Waals surface area contributed by atoms with Crippen LogP contribution in [0.4, 0.5) is 5.82 Å². The summed E-state index contributed by atoms with van der Waals surface area (Å²) in [7, 11) is 0. The molecular weight excluding hydrogens is 254 g/mol. The van der Waals surface area contributed by atoms with Crippen molar-refractivity contribution in [3.05, 3.63) is 41.3 Å². The van der Waals surface area contributed by atoms with Crippen molar-refractivity contribution in [2.75, 3.05) is 11.9 Å². The Bertz CT molecular complexity index is 705. The molecule has 0 fully saturated rings. The first-order valence-corrected chi connectivity index (χ1v) is 7.22. The molecule has 96 valence electrons. The van der Waals surface area contributed by atoms with E-state index in [9.17, 15) is 0 Å². The Labute approximate surface area is 116 Å². The molecule has 0 radical (unpaired) electrons. The van der Waals surface area contributed by atoms with Crippen molar-refractivity contribution in [1.29, 1.82) is 0 Å². The number of rotatable bonds is 3. The first-order chi connectivity index (χ1) is 9.29. The zero-order valence-corrected chi connectivity index (χ0v) is 11.8. The van der Waals surface area contributed by atoms with Crippen LogP contribution in [-0.4, -0.2) is 16.5 Å². The minimum atomic E-state index is 0.799. The van der Waals surface area contributed by atoms with Crippen molar-refractivity contribution in [3.8, 4) is 10.7 Å². The second kappa shape index (κ2) is 4.97. The number of aromatic nitrogens is 2. The second-order valence-electron chi connectivity index (χ2n) is 4.37. The number of hydrogen-bond donors (Lipinski definition) is 1. The summed E-state index contributed by atoms with van der Waals surface area (Å²) < 4.78 is 0. The fourth-order valence-corrected chi connectivity index (χ4v) is 2.77. The lowest BCUT2D eigenvalue weighted by Gasteiger charge is -2.10. The molecule has 2 aromatic heterocycles. The number of para-hydroxylation sites is 1. The van der Waals surface area contributed by atoms with E-state index in [4.69, 9.17) is 4.98 Å². The summed E-state index contributed by atoms with van der Waals surface area (Å²) in [5.41, 5.74) is 2.20. The van der Waals surface area contributed by atoms with Gasteiger partial charge in [-0.3, -0.25) is 0 Å². The van der Waals surface area contributed by atoms with E-state index in [-0.39, 0.29) is 0 Å². The van der Waals surface area contributed by atoms with Crippen LogP contribution in [0.5, 0.6) is 0 Å². The number of benzene rings is 1. The molecule has 0 unspecified atom stereocenters. The van der Waals surface area contributed by atoms with Crippen molar-refractivity contribution >= 4 is 28.1 Å². The third-order valence-corrected chi connectivity index (χ3v) is 3.88. The Hall–Kier alpha value is -1.94. The number of nitrogens with one attached hydrogen (secondary N) is 1. The first-order valence-electron chi connectivity index (χ1n) is 6.34. The topological polar surface area (TPSA) is 37.8 Å². The minimum absolute atomic E-state index is 0.799. The molecule has 3 nitrogen and oxygen atoms in total. The normalized spacial score (nSPS) is 10.8. The first kappa shape index (κ1) is 12.1. The zero-order valence-electron chi connectivity index (χ0n) is 11.0. The van der Waals surface area contributed by atoms with Crippen molar-refractivity contribution < 1.29 is 0 Å². The molecule has 19 heavy (non-hydrogen) atoms. The molecule has 0 spiro atoms. The van der Waals surface area contributed by atoms with Crippen LogP contribution >= 0.6 is 11.3 Å². The van der Waals surface area contributed by atoms with Crippen molar-refractivity contribution in [2.45, 2.75) is 13.8 Å². The molecule has 0 amide bonds. The standard InChI is InChI=1S/C15H15N3S/c1-3-16-14-11-7-4-6-10(2)13(11)17-15(18-14)12-8-5-9-19-12/h4-9H,3H2,1-2H3,(H,16,17,18). The summed E-state index contributed by atoms with van der Waals surface area (Å²) in [5, 5.41) is 6.47. The van der Waals surface area contributed by atoms with Crippen molar-refractivity contribution in [1.82, 2.24) is 9.97 Å². The average molecular weight is 269 g/mol. The van der Waals surface area contributed by atoms with Crippen LogP contribution in [0.3, 0.4) is 0 Å². The molecule has 4 heteroatoms. The molecule has 0 aliphatic rings. The molecule has 0 saturated heterocycles. The van der Waals surface area contributed by atoms with E-state index in [1.807, 2.05) is 17.5 Å². The van der Waals surface area contributed by atoms with E-state index in [1.165, 1.54) is 5.56 Å². The lowest BCUT2D eigenvalue weighted by atomic mass is 10.1. The molecule has 1 N–H and O–H groups in total.